The highest BCUT2D eigenvalue weighted by atomic mass is 79.9. The Morgan fingerprint density at radius 1 is 1.33 bits per heavy atom. The third kappa shape index (κ3) is 2.79. The number of halogens is 1. The summed E-state index contributed by atoms with van der Waals surface area (Å²) in [5.41, 5.74) is 0. The monoisotopic (exact) mass is 229 g/mol. The first kappa shape index (κ1) is 10.1. The van der Waals surface area contributed by atoms with Crippen molar-refractivity contribution in [2.45, 2.75) is 38.5 Å². The van der Waals surface area contributed by atoms with Gasteiger partial charge in [0.25, 0.3) is 0 Å². The highest BCUT2D eigenvalue weighted by molar-refractivity contribution is 9.09. The third-order valence-electron chi connectivity index (χ3n) is 2.78. The first-order chi connectivity index (χ1) is 5.88. The Bertz CT molecular complexity index is 162. The van der Waals surface area contributed by atoms with Crippen LogP contribution in [0.5, 0.6) is 0 Å². The number of nitriles is 1. The van der Waals surface area contributed by atoms with Crippen molar-refractivity contribution >= 4 is 15.9 Å². The molecule has 0 aromatic heterocycles. The van der Waals surface area contributed by atoms with E-state index in [2.05, 4.69) is 22.0 Å². The second-order valence-electron chi connectivity index (χ2n) is 3.61. The van der Waals surface area contributed by atoms with Crippen LogP contribution < -0.4 is 0 Å². The third-order valence-corrected chi connectivity index (χ3v) is 3.34. The summed E-state index contributed by atoms with van der Waals surface area (Å²) in [6, 6.07) is 2.45. The van der Waals surface area contributed by atoms with E-state index in [-0.39, 0.29) is 0 Å². The van der Waals surface area contributed by atoms with Crippen molar-refractivity contribution in [1.82, 2.24) is 0 Å². The van der Waals surface area contributed by atoms with Crippen molar-refractivity contribution in [2.24, 2.45) is 11.8 Å². The van der Waals surface area contributed by atoms with Gasteiger partial charge in [0.1, 0.15) is 0 Å². The van der Waals surface area contributed by atoms with E-state index in [1.54, 1.807) is 0 Å². The number of nitrogens with zero attached hydrogens (tertiary/aromatic N) is 1. The summed E-state index contributed by atoms with van der Waals surface area (Å²) in [5, 5.41) is 9.98. The van der Waals surface area contributed by atoms with Gasteiger partial charge in [-0.05, 0) is 31.6 Å². The van der Waals surface area contributed by atoms with Crippen molar-refractivity contribution < 1.29 is 0 Å². The minimum absolute atomic E-state index is 0.359. The molecule has 0 N–H and O–H groups in total. The van der Waals surface area contributed by atoms with Gasteiger partial charge in [0.15, 0.2) is 0 Å². The number of hydrogen-bond acceptors (Lipinski definition) is 1. The average Bonchev–Trinajstić information content (AvgIpc) is 2.15. The van der Waals surface area contributed by atoms with E-state index in [0.29, 0.717) is 11.8 Å². The van der Waals surface area contributed by atoms with Crippen LogP contribution in [0.15, 0.2) is 0 Å². The molecule has 2 unspecified atom stereocenters. The molecule has 0 aromatic rings. The topological polar surface area (TPSA) is 23.8 Å². The Morgan fingerprint density at radius 3 is 2.75 bits per heavy atom. The standard InChI is InChI=1S/C10H16BrN/c11-7-3-6-9-4-1-2-5-10(9)8-12/h9-10H,1-7H2. The van der Waals surface area contributed by atoms with E-state index in [1.165, 1.54) is 32.1 Å². The maximum absolute atomic E-state index is 8.90. The Kier molecular flexibility index (Phi) is 4.68. The summed E-state index contributed by atoms with van der Waals surface area (Å²) in [4.78, 5) is 0. The molecule has 1 rings (SSSR count). The largest absolute Gasteiger partial charge is 0.198 e. The van der Waals surface area contributed by atoms with Gasteiger partial charge in [-0.15, -0.1) is 0 Å². The smallest absolute Gasteiger partial charge is 0.0658 e. The molecule has 0 bridgehead atoms. The van der Waals surface area contributed by atoms with E-state index < -0.39 is 0 Å². The fourth-order valence-electron chi connectivity index (χ4n) is 2.06. The van der Waals surface area contributed by atoms with Crippen molar-refractivity contribution in [1.29, 1.82) is 5.26 Å². The minimum Gasteiger partial charge on any atom is -0.198 e. The van der Waals surface area contributed by atoms with Crippen LogP contribution in [0.4, 0.5) is 0 Å². The first-order valence-corrected chi connectivity index (χ1v) is 5.96. The molecule has 2 atom stereocenters. The molecule has 1 aliphatic rings. The van der Waals surface area contributed by atoms with Gasteiger partial charge in [-0.3, -0.25) is 0 Å². The molecule has 0 radical (unpaired) electrons. The molecule has 0 aliphatic heterocycles. The van der Waals surface area contributed by atoms with Crippen LogP contribution in [0.25, 0.3) is 0 Å². The molecule has 0 amide bonds. The highest BCUT2D eigenvalue weighted by Crippen LogP contribution is 2.32. The summed E-state index contributed by atoms with van der Waals surface area (Å²) in [6.45, 7) is 0. The van der Waals surface area contributed by atoms with Crippen LogP contribution in [0.2, 0.25) is 0 Å². The van der Waals surface area contributed by atoms with Gasteiger partial charge in [-0.2, -0.15) is 5.26 Å². The second kappa shape index (κ2) is 5.59. The van der Waals surface area contributed by atoms with Gasteiger partial charge < -0.3 is 0 Å². The molecule has 0 spiro atoms. The Balaban J connectivity index is 2.32. The van der Waals surface area contributed by atoms with Crippen LogP contribution >= 0.6 is 15.9 Å². The van der Waals surface area contributed by atoms with E-state index in [0.717, 1.165) is 11.8 Å². The molecule has 0 saturated heterocycles. The van der Waals surface area contributed by atoms with Gasteiger partial charge in [-0.1, -0.05) is 28.8 Å². The van der Waals surface area contributed by atoms with Crippen LogP contribution in [0, 0.1) is 23.2 Å². The second-order valence-corrected chi connectivity index (χ2v) is 4.40. The molecule has 68 valence electrons. The summed E-state index contributed by atoms with van der Waals surface area (Å²) in [5.74, 6) is 1.05. The summed E-state index contributed by atoms with van der Waals surface area (Å²) in [7, 11) is 0. The van der Waals surface area contributed by atoms with E-state index in [1.807, 2.05) is 0 Å². The molecule has 2 heteroatoms. The quantitative estimate of drug-likeness (QED) is 0.681. The lowest BCUT2D eigenvalue weighted by molar-refractivity contribution is 0.273. The van der Waals surface area contributed by atoms with Crippen molar-refractivity contribution in [2.75, 3.05) is 5.33 Å². The van der Waals surface area contributed by atoms with Crippen molar-refractivity contribution in [3.05, 3.63) is 0 Å². The molecule has 1 aliphatic carbocycles. The Hall–Kier alpha value is -0.0300. The zero-order valence-corrected chi connectivity index (χ0v) is 9.02. The summed E-state index contributed by atoms with van der Waals surface area (Å²) in [6.07, 6.45) is 7.50. The molecule has 0 aromatic carbocycles. The average molecular weight is 230 g/mol. The van der Waals surface area contributed by atoms with Crippen LogP contribution in [-0.4, -0.2) is 5.33 Å². The fourth-order valence-corrected chi connectivity index (χ4v) is 2.39. The van der Waals surface area contributed by atoms with E-state index in [9.17, 15) is 0 Å². The number of alkyl halides is 1. The van der Waals surface area contributed by atoms with E-state index in [4.69, 9.17) is 5.26 Å². The van der Waals surface area contributed by atoms with Crippen molar-refractivity contribution in [3.8, 4) is 6.07 Å². The van der Waals surface area contributed by atoms with Gasteiger partial charge in [0.05, 0.1) is 6.07 Å². The lowest BCUT2D eigenvalue weighted by atomic mass is 9.78. The lowest BCUT2D eigenvalue weighted by Crippen LogP contribution is -2.17. The summed E-state index contributed by atoms with van der Waals surface area (Å²) < 4.78 is 0. The molecule has 0 heterocycles. The zero-order chi connectivity index (χ0) is 8.81. The maximum atomic E-state index is 8.90. The minimum atomic E-state index is 0.359. The molecule has 1 saturated carbocycles. The highest BCUT2D eigenvalue weighted by Gasteiger charge is 2.23. The maximum Gasteiger partial charge on any atom is 0.0658 e. The Morgan fingerprint density at radius 2 is 2.08 bits per heavy atom. The summed E-state index contributed by atoms with van der Waals surface area (Å²) >= 11 is 3.44. The van der Waals surface area contributed by atoms with E-state index >= 15 is 0 Å². The molecule has 1 nitrogen and oxygen atoms in total. The molecule has 12 heavy (non-hydrogen) atoms. The lowest BCUT2D eigenvalue weighted by Gasteiger charge is -2.26. The SMILES string of the molecule is N#CC1CCCCC1CCCBr. The van der Waals surface area contributed by atoms with Crippen molar-refractivity contribution in [3.63, 3.8) is 0 Å². The molecular formula is C10H16BrN. The van der Waals surface area contributed by atoms with Gasteiger partial charge in [0.2, 0.25) is 0 Å². The predicted molar refractivity (Wildman–Crippen MR) is 54.1 cm³/mol. The first-order valence-electron chi connectivity index (χ1n) is 4.84. The van der Waals surface area contributed by atoms with Crippen LogP contribution in [0.1, 0.15) is 38.5 Å². The molecular weight excluding hydrogens is 214 g/mol. The van der Waals surface area contributed by atoms with Gasteiger partial charge in [0, 0.05) is 11.2 Å². The van der Waals surface area contributed by atoms with Gasteiger partial charge >= 0.3 is 0 Å². The predicted octanol–water partition coefficient (Wildman–Crippen LogP) is 3.49. The number of hydrogen-bond donors (Lipinski definition) is 0. The molecule has 1 fully saturated rings. The Labute approximate surface area is 83.3 Å². The zero-order valence-electron chi connectivity index (χ0n) is 7.43. The van der Waals surface area contributed by atoms with Crippen LogP contribution in [-0.2, 0) is 0 Å². The van der Waals surface area contributed by atoms with Crippen LogP contribution in [0.3, 0.4) is 0 Å². The normalized spacial score (nSPS) is 29.7. The fraction of sp³-hybridized carbons (Fsp3) is 0.900. The number of rotatable bonds is 3. The van der Waals surface area contributed by atoms with Gasteiger partial charge in [-0.25, -0.2) is 0 Å².